The maximum absolute atomic E-state index is 15.2. The van der Waals surface area contributed by atoms with Gasteiger partial charge in [0.05, 0.1) is 17.0 Å². The lowest BCUT2D eigenvalue weighted by Crippen LogP contribution is -2.40. The third-order valence-corrected chi connectivity index (χ3v) is 5.96. The quantitative estimate of drug-likeness (QED) is 0.329. The largest absolute Gasteiger partial charge is 0.436 e. The van der Waals surface area contributed by atoms with Gasteiger partial charge in [-0.15, -0.1) is 0 Å². The molecule has 12 heteroatoms. The van der Waals surface area contributed by atoms with Crippen molar-refractivity contribution in [1.82, 2.24) is 29.6 Å². The number of carbonyl (C=O) groups excluding carboxylic acids is 1. The summed E-state index contributed by atoms with van der Waals surface area (Å²) in [5, 5.41) is 4.93. The number of likely N-dealkylation sites (tertiary alicyclic amines) is 1. The predicted molar refractivity (Wildman–Crippen MR) is 124 cm³/mol. The molecule has 1 saturated heterocycles. The van der Waals surface area contributed by atoms with E-state index in [-0.39, 0.29) is 34.9 Å². The average Bonchev–Trinajstić information content (AvgIpc) is 3.27. The van der Waals surface area contributed by atoms with Gasteiger partial charge in [-0.05, 0) is 37.1 Å². The van der Waals surface area contributed by atoms with Gasteiger partial charge in [-0.1, -0.05) is 12.6 Å². The number of ether oxygens (including phenoxy) is 1. The maximum atomic E-state index is 15.2. The Labute approximate surface area is 203 Å². The number of rotatable bonds is 5. The Bertz CT molecular complexity index is 1490. The molecule has 2 N–H and O–H groups in total. The zero-order chi connectivity index (χ0) is 25.4. The standard InChI is InChI=1S/C24H20F3N7O2/c1-2-18(35)33-10-4-5-13(11-33)34-24-19(23(28)29-12-30-24)21(32-34)14-8-9-17(31-22(14)27)36-16-7-3-6-15(25)20(16)26/h2-3,6-9,12-13H,1,4-5,10-11H2,(H2,28,29,30). The Kier molecular flexibility index (Phi) is 6.00. The highest BCUT2D eigenvalue weighted by Crippen LogP contribution is 2.35. The molecule has 0 aliphatic carbocycles. The molecule has 1 aliphatic heterocycles. The van der Waals surface area contributed by atoms with Crippen LogP contribution in [-0.4, -0.2) is 48.6 Å². The van der Waals surface area contributed by atoms with Crippen molar-refractivity contribution in [2.24, 2.45) is 0 Å². The monoisotopic (exact) mass is 495 g/mol. The van der Waals surface area contributed by atoms with E-state index < -0.39 is 23.3 Å². The number of anilines is 1. The van der Waals surface area contributed by atoms with Gasteiger partial charge in [0.2, 0.25) is 23.6 Å². The molecule has 9 nitrogen and oxygen atoms in total. The van der Waals surface area contributed by atoms with Gasteiger partial charge in [-0.3, -0.25) is 4.79 Å². The molecule has 1 atom stereocenters. The highest BCUT2D eigenvalue weighted by molar-refractivity contribution is 5.98. The highest BCUT2D eigenvalue weighted by Gasteiger charge is 2.29. The van der Waals surface area contributed by atoms with Crippen LogP contribution in [0.15, 0.2) is 49.3 Å². The van der Waals surface area contributed by atoms with E-state index in [0.717, 1.165) is 12.5 Å². The first-order valence-corrected chi connectivity index (χ1v) is 11.1. The number of amides is 1. The molecule has 5 rings (SSSR count). The number of aromatic nitrogens is 5. The van der Waals surface area contributed by atoms with E-state index in [2.05, 4.69) is 26.6 Å². The number of nitrogen functional groups attached to an aromatic ring is 1. The Balaban J connectivity index is 1.54. The fourth-order valence-corrected chi connectivity index (χ4v) is 4.25. The van der Waals surface area contributed by atoms with Gasteiger partial charge in [-0.25, -0.2) is 19.0 Å². The lowest BCUT2D eigenvalue weighted by Gasteiger charge is -2.32. The van der Waals surface area contributed by atoms with Crippen molar-refractivity contribution in [2.75, 3.05) is 18.8 Å². The van der Waals surface area contributed by atoms with Gasteiger partial charge in [0.1, 0.15) is 17.8 Å². The van der Waals surface area contributed by atoms with E-state index in [0.29, 0.717) is 30.5 Å². The molecule has 0 spiro atoms. The normalized spacial score (nSPS) is 15.8. The Morgan fingerprint density at radius 2 is 2.03 bits per heavy atom. The summed E-state index contributed by atoms with van der Waals surface area (Å²) in [4.78, 5) is 25.9. The molecule has 1 amide bonds. The summed E-state index contributed by atoms with van der Waals surface area (Å²) in [6.07, 6.45) is 4.00. The average molecular weight is 495 g/mol. The fourth-order valence-electron chi connectivity index (χ4n) is 4.25. The van der Waals surface area contributed by atoms with E-state index >= 15 is 4.39 Å². The first-order valence-electron chi connectivity index (χ1n) is 11.1. The number of piperidine rings is 1. The molecule has 1 unspecified atom stereocenters. The number of nitrogens with two attached hydrogens (primary N) is 1. The number of carbonyl (C=O) groups is 1. The first kappa shape index (κ1) is 23.3. The summed E-state index contributed by atoms with van der Waals surface area (Å²) in [5.74, 6) is -4.09. The number of benzene rings is 1. The Hall–Kier alpha value is -4.48. The smallest absolute Gasteiger partial charge is 0.246 e. The van der Waals surface area contributed by atoms with Crippen LogP contribution in [0, 0.1) is 17.6 Å². The van der Waals surface area contributed by atoms with Crippen LogP contribution in [0.3, 0.4) is 0 Å². The van der Waals surface area contributed by atoms with E-state index in [1.54, 1.807) is 9.58 Å². The van der Waals surface area contributed by atoms with Crippen LogP contribution in [0.25, 0.3) is 22.3 Å². The first-order chi connectivity index (χ1) is 17.4. The lowest BCUT2D eigenvalue weighted by atomic mass is 10.1. The van der Waals surface area contributed by atoms with E-state index in [4.69, 9.17) is 10.5 Å². The molecule has 36 heavy (non-hydrogen) atoms. The molecule has 1 aliphatic rings. The minimum absolute atomic E-state index is 0.0119. The molecule has 1 aromatic carbocycles. The van der Waals surface area contributed by atoms with Gasteiger partial charge >= 0.3 is 0 Å². The molecule has 0 bridgehead atoms. The molecular weight excluding hydrogens is 475 g/mol. The van der Waals surface area contributed by atoms with Crippen LogP contribution in [0.4, 0.5) is 19.0 Å². The molecule has 184 valence electrons. The molecule has 3 aromatic heterocycles. The molecule has 4 aromatic rings. The SMILES string of the molecule is C=CC(=O)N1CCCC(n2nc(-c3ccc(Oc4cccc(F)c4F)nc3F)c3c(N)ncnc32)C1. The highest BCUT2D eigenvalue weighted by atomic mass is 19.2. The summed E-state index contributed by atoms with van der Waals surface area (Å²) in [5.41, 5.74) is 6.65. The van der Waals surface area contributed by atoms with Crippen LogP contribution in [0.5, 0.6) is 11.6 Å². The third kappa shape index (κ3) is 4.10. The number of halogens is 3. The molecule has 0 radical (unpaired) electrons. The van der Waals surface area contributed by atoms with Crippen LogP contribution >= 0.6 is 0 Å². The van der Waals surface area contributed by atoms with Crippen molar-refractivity contribution in [3.05, 3.63) is 66.9 Å². The molecular formula is C24H20F3N7O2. The van der Waals surface area contributed by atoms with E-state index in [9.17, 15) is 13.6 Å². The summed E-state index contributed by atoms with van der Waals surface area (Å²) < 4.78 is 49.4. The summed E-state index contributed by atoms with van der Waals surface area (Å²) >= 11 is 0. The Morgan fingerprint density at radius 3 is 2.81 bits per heavy atom. The summed E-state index contributed by atoms with van der Waals surface area (Å²) in [6, 6.07) is 5.81. The minimum atomic E-state index is -1.21. The number of hydrogen-bond donors (Lipinski definition) is 1. The van der Waals surface area contributed by atoms with Gasteiger partial charge in [0, 0.05) is 19.2 Å². The second-order valence-electron chi connectivity index (χ2n) is 8.18. The Morgan fingerprint density at radius 1 is 1.19 bits per heavy atom. The second-order valence-corrected chi connectivity index (χ2v) is 8.18. The maximum Gasteiger partial charge on any atom is 0.246 e. The summed E-state index contributed by atoms with van der Waals surface area (Å²) in [6.45, 7) is 4.51. The van der Waals surface area contributed by atoms with Crippen molar-refractivity contribution < 1.29 is 22.7 Å². The zero-order valence-electron chi connectivity index (χ0n) is 18.9. The molecule has 1 fully saturated rings. The van der Waals surface area contributed by atoms with Crippen LogP contribution in [0.1, 0.15) is 18.9 Å². The van der Waals surface area contributed by atoms with E-state index in [1.807, 2.05) is 0 Å². The van der Waals surface area contributed by atoms with Gasteiger partial charge in [0.15, 0.2) is 17.2 Å². The third-order valence-electron chi connectivity index (χ3n) is 5.96. The number of nitrogens with zero attached hydrogens (tertiary/aromatic N) is 6. The van der Waals surface area contributed by atoms with Crippen molar-refractivity contribution in [3.8, 4) is 22.9 Å². The second kappa shape index (κ2) is 9.29. The molecule has 4 heterocycles. The van der Waals surface area contributed by atoms with Gasteiger partial charge in [-0.2, -0.15) is 18.9 Å². The topological polar surface area (TPSA) is 112 Å². The minimum Gasteiger partial charge on any atom is -0.436 e. The number of pyridine rings is 1. The zero-order valence-corrected chi connectivity index (χ0v) is 18.9. The molecule has 0 saturated carbocycles. The number of fused-ring (bicyclic) bond motifs is 1. The lowest BCUT2D eigenvalue weighted by molar-refractivity contribution is -0.127. The number of hydrogen-bond acceptors (Lipinski definition) is 7. The fraction of sp³-hybridized carbons (Fsp3) is 0.208. The van der Waals surface area contributed by atoms with Crippen molar-refractivity contribution in [2.45, 2.75) is 18.9 Å². The summed E-state index contributed by atoms with van der Waals surface area (Å²) in [7, 11) is 0. The van der Waals surface area contributed by atoms with Crippen LogP contribution in [0.2, 0.25) is 0 Å². The predicted octanol–water partition coefficient (Wildman–Crippen LogP) is 4.03. The van der Waals surface area contributed by atoms with E-state index in [1.165, 1.54) is 36.7 Å². The van der Waals surface area contributed by atoms with Crippen LogP contribution in [-0.2, 0) is 4.79 Å². The van der Waals surface area contributed by atoms with Gasteiger partial charge < -0.3 is 15.4 Å². The van der Waals surface area contributed by atoms with Crippen molar-refractivity contribution >= 4 is 22.8 Å². The van der Waals surface area contributed by atoms with Crippen molar-refractivity contribution in [3.63, 3.8) is 0 Å². The van der Waals surface area contributed by atoms with Gasteiger partial charge in [0.25, 0.3) is 0 Å². The van der Waals surface area contributed by atoms with Crippen LogP contribution < -0.4 is 10.5 Å². The van der Waals surface area contributed by atoms with Crippen molar-refractivity contribution in [1.29, 1.82) is 0 Å².